The van der Waals surface area contributed by atoms with Crippen LogP contribution in [0.3, 0.4) is 0 Å². The molecule has 0 fully saturated rings. The predicted octanol–water partition coefficient (Wildman–Crippen LogP) is -5.16. The third kappa shape index (κ3) is 8.22. The molecule has 0 aliphatic rings. The van der Waals surface area contributed by atoms with Gasteiger partial charge in [-0.3, -0.25) is 22.9 Å². The summed E-state index contributed by atoms with van der Waals surface area (Å²) in [6, 6.07) is 0. The van der Waals surface area contributed by atoms with Gasteiger partial charge in [0.25, 0.3) is 0 Å². The van der Waals surface area contributed by atoms with E-state index in [4.69, 9.17) is 22.9 Å². The first kappa shape index (κ1) is 12.9. The largest absolute Gasteiger partial charge is 0.362 e. The Kier molecular flexibility index (Phi) is 5.45. The maximum Gasteiger partial charge on any atom is 0.362 e. The van der Waals surface area contributed by atoms with Crippen molar-refractivity contribution in [1.82, 2.24) is 0 Å². The second-order valence-electron chi connectivity index (χ2n) is 3.01. The topological polar surface area (TPSA) is 157 Å². The fourth-order valence-corrected chi connectivity index (χ4v) is 0.769. The van der Waals surface area contributed by atoms with Crippen LogP contribution in [0.15, 0.2) is 10.2 Å². The van der Waals surface area contributed by atoms with Gasteiger partial charge in [-0.1, -0.05) is 0 Å². The molecule has 0 spiro atoms. The summed E-state index contributed by atoms with van der Waals surface area (Å²) in [6.07, 6.45) is 0.556. The average molecular weight is 214 g/mol. The first-order valence-electron chi connectivity index (χ1n) is 4.26. The quantitative estimate of drug-likeness (QED) is 0.157. The van der Waals surface area contributed by atoms with Crippen molar-refractivity contribution < 1.29 is 10.2 Å². The van der Waals surface area contributed by atoms with E-state index in [0.29, 0.717) is 6.42 Å². The predicted molar refractivity (Wildman–Crippen MR) is 59.5 cm³/mol. The molecule has 8 heteroatoms. The summed E-state index contributed by atoms with van der Waals surface area (Å²) in [6.45, 7) is 3.62. The lowest BCUT2D eigenvalue weighted by molar-refractivity contribution is -0.464. The van der Waals surface area contributed by atoms with Gasteiger partial charge in [-0.15, -0.1) is 10.2 Å². The normalized spacial score (nSPS) is 12.1. The van der Waals surface area contributed by atoms with Crippen molar-refractivity contribution in [2.75, 3.05) is 0 Å². The van der Waals surface area contributed by atoms with Crippen LogP contribution in [0, 0.1) is 0 Å². The van der Waals surface area contributed by atoms with Gasteiger partial charge in [0, 0.05) is 6.42 Å². The molecule has 0 unspecified atom stereocenters. The van der Waals surface area contributed by atoms with E-state index in [2.05, 4.69) is 20.4 Å². The molecule has 0 amide bonds. The van der Waals surface area contributed by atoms with Crippen molar-refractivity contribution >= 4 is 23.3 Å². The molecule has 0 aromatic heterocycles. The Morgan fingerprint density at radius 3 is 1.47 bits per heavy atom. The zero-order chi connectivity index (χ0) is 11.8. The summed E-state index contributed by atoms with van der Waals surface area (Å²) >= 11 is 0. The molecule has 0 saturated heterocycles. The van der Waals surface area contributed by atoms with Gasteiger partial charge in [0.1, 0.15) is 0 Å². The van der Waals surface area contributed by atoms with E-state index in [-0.39, 0.29) is 11.9 Å². The van der Waals surface area contributed by atoms with Gasteiger partial charge in [0.15, 0.2) is 0 Å². The number of nitrogens with one attached hydrogen (secondary N) is 2. The van der Waals surface area contributed by atoms with E-state index in [1.54, 1.807) is 0 Å². The molecule has 0 heterocycles. The Morgan fingerprint density at radius 1 is 0.867 bits per heavy atom. The van der Waals surface area contributed by atoms with E-state index in [9.17, 15) is 0 Å². The van der Waals surface area contributed by atoms with Crippen molar-refractivity contribution in [3.05, 3.63) is 0 Å². The highest BCUT2D eigenvalue weighted by atomic mass is 15.3. The smallest absolute Gasteiger partial charge is 0.289 e. The minimum absolute atomic E-state index is 0.0432. The van der Waals surface area contributed by atoms with Crippen molar-refractivity contribution in [2.45, 2.75) is 20.3 Å². The number of hydrogen-bond donors (Lipinski definition) is 6. The first-order chi connectivity index (χ1) is 6.91. The van der Waals surface area contributed by atoms with Gasteiger partial charge in [-0.2, -0.15) is 10.2 Å². The Labute approximate surface area is 87.8 Å². The van der Waals surface area contributed by atoms with Crippen LogP contribution >= 0.6 is 0 Å². The molecule has 0 atom stereocenters. The minimum atomic E-state index is 0.0432. The molecule has 0 aromatic carbocycles. The summed E-state index contributed by atoms with van der Waals surface area (Å²) < 4.78 is 0. The van der Waals surface area contributed by atoms with E-state index in [1.807, 2.05) is 13.8 Å². The standard InChI is InChI=1S/C7H16N8/c1-4(12-14-6(8)9)3-5(2)13-15-7(10)11/h3H2,1-2H3,(H4,8,9,14)(H4,10,11,15)/p+2/b12-4-,13-5+. The Hall–Kier alpha value is -2.12. The summed E-state index contributed by atoms with van der Waals surface area (Å²) in [5, 5.41) is 12.7. The van der Waals surface area contributed by atoms with Crippen LogP contribution in [0.25, 0.3) is 0 Å². The second kappa shape index (κ2) is 6.35. The summed E-state index contributed by atoms with van der Waals surface area (Å²) in [5.41, 5.74) is 22.2. The second-order valence-corrected chi connectivity index (χ2v) is 3.01. The molecule has 10 N–H and O–H groups in total. The van der Waals surface area contributed by atoms with Crippen LogP contribution in [0.2, 0.25) is 0 Å². The highest BCUT2D eigenvalue weighted by molar-refractivity contribution is 6.01. The fraction of sp³-hybridized carbons (Fsp3) is 0.429. The van der Waals surface area contributed by atoms with E-state index in [0.717, 1.165) is 11.4 Å². The summed E-state index contributed by atoms with van der Waals surface area (Å²) in [7, 11) is 0. The van der Waals surface area contributed by atoms with Gasteiger partial charge >= 0.3 is 11.9 Å². The Morgan fingerprint density at radius 2 is 1.20 bits per heavy atom. The maximum atomic E-state index is 5.17. The lowest BCUT2D eigenvalue weighted by Gasteiger charge is -1.94. The lowest BCUT2D eigenvalue weighted by atomic mass is 10.2. The van der Waals surface area contributed by atoms with Crippen LogP contribution in [-0.2, 0) is 0 Å². The molecule has 15 heavy (non-hydrogen) atoms. The van der Waals surface area contributed by atoms with Crippen LogP contribution in [0.1, 0.15) is 20.3 Å². The molecule has 0 saturated carbocycles. The van der Waals surface area contributed by atoms with Gasteiger partial charge in [-0.25, -0.2) is 0 Å². The van der Waals surface area contributed by atoms with Crippen molar-refractivity contribution in [3.8, 4) is 0 Å². The third-order valence-electron chi connectivity index (χ3n) is 1.26. The number of hydrazone groups is 2. The first-order valence-corrected chi connectivity index (χ1v) is 4.26. The van der Waals surface area contributed by atoms with Gasteiger partial charge in [-0.05, 0) is 13.8 Å². The summed E-state index contributed by atoms with van der Waals surface area (Å²) in [4.78, 5) is 0. The maximum absolute atomic E-state index is 5.17. The molecule has 0 aliphatic carbocycles. The van der Waals surface area contributed by atoms with Gasteiger partial charge in [0.2, 0.25) is 0 Å². The third-order valence-corrected chi connectivity index (χ3v) is 1.26. The zero-order valence-corrected chi connectivity index (χ0v) is 8.91. The highest BCUT2D eigenvalue weighted by Crippen LogP contribution is 1.85. The number of hydrogen-bond acceptors (Lipinski definition) is 2. The van der Waals surface area contributed by atoms with E-state index >= 15 is 0 Å². The molecule has 0 aromatic rings. The molecular weight excluding hydrogens is 196 g/mol. The fourth-order valence-electron chi connectivity index (χ4n) is 0.769. The lowest BCUT2D eigenvalue weighted by Crippen LogP contribution is -2.73. The number of nitrogens with zero attached hydrogens (tertiary/aromatic N) is 2. The number of guanidine groups is 2. The minimum Gasteiger partial charge on any atom is -0.289 e. The monoisotopic (exact) mass is 214 g/mol. The van der Waals surface area contributed by atoms with Crippen LogP contribution in [0.4, 0.5) is 0 Å². The van der Waals surface area contributed by atoms with Gasteiger partial charge in [0.05, 0.1) is 11.4 Å². The van der Waals surface area contributed by atoms with Crippen molar-refractivity contribution in [3.63, 3.8) is 0 Å². The molecule has 84 valence electrons. The van der Waals surface area contributed by atoms with E-state index < -0.39 is 0 Å². The van der Waals surface area contributed by atoms with E-state index in [1.165, 1.54) is 0 Å². The molecule has 0 bridgehead atoms. The van der Waals surface area contributed by atoms with Crippen LogP contribution in [0.5, 0.6) is 0 Å². The van der Waals surface area contributed by atoms with Gasteiger partial charge < -0.3 is 0 Å². The van der Waals surface area contributed by atoms with Crippen LogP contribution < -0.4 is 33.1 Å². The van der Waals surface area contributed by atoms with Crippen LogP contribution in [-0.4, -0.2) is 23.3 Å². The molecule has 8 nitrogen and oxygen atoms in total. The molecule has 0 radical (unpaired) electrons. The molecule has 0 aliphatic heterocycles. The summed E-state index contributed by atoms with van der Waals surface area (Å²) in [5.74, 6) is 0.0863. The Bertz CT molecular complexity index is 284. The SMILES string of the molecule is C/C(C/C(C)=N/[NH+]=C(N)N)=N/[NH+]=C(N)N. The number of rotatable bonds is 4. The molecular formula is C7H18N8+2. The highest BCUT2D eigenvalue weighted by Gasteiger charge is 1.97. The van der Waals surface area contributed by atoms with Crippen molar-refractivity contribution in [2.24, 2.45) is 33.1 Å². The molecule has 0 rings (SSSR count). The zero-order valence-electron chi connectivity index (χ0n) is 8.91. The Balaban J connectivity index is 4.36. The number of nitrogens with two attached hydrogens (primary N) is 4. The van der Waals surface area contributed by atoms with Crippen molar-refractivity contribution in [1.29, 1.82) is 0 Å². The average Bonchev–Trinajstić information content (AvgIpc) is 2.11.